The highest BCUT2D eigenvalue weighted by Crippen LogP contribution is 2.29. The molecule has 2 heterocycles. The Labute approximate surface area is 154 Å². The quantitative estimate of drug-likeness (QED) is 0.583. The molecule has 2 aromatic carbocycles. The van der Waals surface area contributed by atoms with Crippen molar-refractivity contribution in [2.24, 2.45) is 5.41 Å². The number of aromatic nitrogens is 3. The number of fused-ring (bicyclic) bond motifs is 2. The van der Waals surface area contributed by atoms with Crippen LogP contribution in [0.3, 0.4) is 0 Å². The number of hydrogen-bond acceptors (Lipinski definition) is 4. The van der Waals surface area contributed by atoms with Crippen molar-refractivity contribution in [1.29, 1.82) is 0 Å². The highest BCUT2D eigenvalue weighted by Gasteiger charge is 2.19. The number of nitrogens with zero attached hydrogens (tertiary/aromatic N) is 2. The van der Waals surface area contributed by atoms with Crippen molar-refractivity contribution in [3.63, 3.8) is 0 Å². The summed E-state index contributed by atoms with van der Waals surface area (Å²) in [6.07, 6.45) is 0. The van der Waals surface area contributed by atoms with E-state index in [0.717, 1.165) is 10.2 Å². The van der Waals surface area contributed by atoms with E-state index in [2.05, 4.69) is 30.7 Å². The van der Waals surface area contributed by atoms with Crippen molar-refractivity contribution in [2.75, 3.05) is 0 Å². The second kappa shape index (κ2) is 5.92. The molecule has 0 radical (unpaired) electrons. The topological polar surface area (TPSA) is 67.8 Å². The van der Waals surface area contributed by atoms with Gasteiger partial charge in [-0.3, -0.25) is 13.5 Å². The van der Waals surface area contributed by atoms with E-state index in [-0.39, 0.29) is 16.5 Å². The Morgan fingerprint density at radius 3 is 2.62 bits per heavy atom. The minimum absolute atomic E-state index is 0.0104. The number of H-pyrrole nitrogens is 1. The maximum absolute atomic E-state index is 12.8. The van der Waals surface area contributed by atoms with Crippen molar-refractivity contribution in [3.05, 3.63) is 63.2 Å². The lowest BCUT2D eigenvalue weighted by Crippen LogP contribution is -2.22. The van der Waals surface area contributed by atoms with E-state index < -0.39 is 0 Å². The van der Waals surface area contributed by atoms with Gasteiger partial charge in [0.25, 0.3) is 11.1 Å². The average molecular weight is 365 g/mol. The van der Waals surface area contributed by atoms with Crippen molar-refractivity contribution in [2.45, 2.75) is 27.3 Å². The summed E-state index contributed by atoms with van der Waals surface area (Å²) in [5.41, 5.74) is 2.19. The molecule has 0 fully saturated rings. The molecular weight excluding hydrogens is 346 g/mol. The molecule has 0 spiro atoms. The van der Waals surface area contributed by atoms with Gasteiger partial charge in [-0.1, -0.05) is 56.6 Å². The first-order chi connectivity index (χ1) is 12.3. The molecular formula is C20H19N3O2S. The van der Waals surface area contributed by atoms with Gasteiger partial charge in [0.1, 0.15) is 5.69 Å². The SMILES string of the molecule is CC(C)(C)Cn1sc2c(-c3nc4ccccc4[nH]c3=O)cccc2c1=O. The maximum Gasteiger partial charge on any atom is 0.275 e. The monoisotopic (exact) mass is 365 g/mol. The number of benzene rings is 2. The summed E-state index contributed by atoms with van der Waals surface area (Å²) >= 11 is 1.40. The van der Waals surface area contributed by atoms with Crippen LogP contribution in [0.2, 0.25) is 0 Å². The summed E-state index contributed by atoms with van der Waals surface area (Å²) in [5.74, 6) is 0. The van der Waals surface area contributed by atoms with Crippen LogP contribution in [0.4, 0.5) is 0 Å². The van der Waals surface area contributed by atoms with Gasteiger partial charge in [-0.15, -0.1) is 0 Å². The number of hydrogen-bond donors (Lipinski definition) is 1. The molecule has 0 aliphatic heterocycles. The fraction of sp³-hybridized carbons (Fsp3) is 0.250. The molecule has 0 saturated heterocycles. The average Bonchev–Trinajstić information content (AvgIpc) is 2.89. The van der Waals surface area contributed by atoms with Gasteiger partial charge in [0.2, 0.25) is 0 Å². The second-order valence-electron chi connectivity index (χ2n) is 7.61. The lowest BCUT2D eigenvalue weighted by Gasteiger charge is -2.17. The first kappa shape index (κ1) is 16.7. The predicted molar refractivity (Wildman–Crippen MR) is 107 cm³/mol. The molecule has 0 unspecified atom stereocenters. The number of nitrogens with one attached hydrogen (secondary N) is 1. The smallest absolute Gasteiger partial charge is 0.275 e. The molecule has 0 bridgehead atoms. The minimum Gasteiger partial charge on any atom is -0.319 e. The molecule has 0 aliphatic carbocycles. The van der Waals surface area contributed by atoms with Crippen LogP contribution in [0.25, 0.3) is 32.4 Å². The summed E-state index contributed by atoms with van der Waals surface area (Å²) in [6, 6.07) is 12.9. The van der Waals surface area contributed by atoms with Crippen molar-refractivity contribution >= 4 is 32.7 Å². The Kier molecular flexibility index (Phi) is 3.80. The van der Waals surface area contributed by atoms with E-state index in [9.17, 15) is 9.59 Å². The highest BCUT2D eigenvalue weighted by molar-refractivity contribution is 7.14. The summed E-state index contributed by atoms with van der Waals surface area (Å²) in [6.45, 7) is 6.92. The van der Waals surface area contributed by atoms with Gasteiger partial charge in [-0.2, -0.15) is 0 Å². The zero-order valence-corrected chi connectivity index (χ0v) is 15.7. The summed E-state index contributed by atoms with van der Waals surface area (Å²) in [7, 11) is 0. The van der Waals surface area contributed by atoms with Crippen LogP contribution < -0.4 is 11.1 Å². The Bertz CT molecular complexity index is 1240. The van der Waals surface area contributed by atoms with Gasteiger partial charge in [0.15, 0.2) is 0 Å². The zero-order chi connectivity index (χ0) is 18.5. The van der Waals surface area contributed by atoms with Crippen LogP contribution >= 0.6 is 11.5 Å². The van der Waals surface area contributed by atoms with E-state index in [0.29, 0.717) is 28.7 Å². The van der Waals surface area contributed by atoms with E-state index in [1.807, 2.05) is 42.5 Å². The third kappa shape index (κ3) is 2.86. The minimum atomic E-state index is -0.251. The van der Waals surface area contributed by atoms with Crippen LogP contribution in [0.1, 0.15) is 20.8 Å². The van der Waals surface area contributed by atoms with E-state index in [1.54, 1.807) is 3.96 Å². The predicted octanol–water partition coefficient (Wildman–Crippen LogP) is 4.01. The number of rotatable bonds is 2. The molecule has 5 nitrogen and oxygen atoms in total. The zero-order valence-electron chi connectivity index (χ0n) is 14.9. The van der Waals surface area contributed by atoms with Crippen molar-refractivity contribution in [1.82, 2.24) is 13.9 Å². The van der Waals surface area contributed by atoms with Gasteiger partial charge in [0, 0.05) is 12.1 Å². The Hall–Kier alpha value is -2.73. The maximum atomic E-state index is 12.8. The molecule has 0 atom stereocenters. The van der Waals surface area contributed by atoms with Gasteiger partial charge >= 0.3 is 0 Å². The molecule has 6 heteroatoms. The van der Waals surface area contributed by atoms with Gasteiger partial charge in [-0.25, -0.2) is 4.98 Å². The Morgan fingerprint density at radius 2 is 1.85 bits per heavy atom. The molecule has 0 amide bonds. The summed E-state index contributed by atoms with van der Waals surface area (Å²) < 4.78 is 2.57. The highest BCUT2D eigenvalue weighted by atomic mass is 32.1. The van der Waals surface area contributed by atoms with Gasteiger partial charge in [-0.05, 0) is 23.6 Å². The van der Waals surface area contributed by atoms with Crippen LogP contribution in [0.5, 0.6) is 0 Å². The molecule has 4 rings (SSSR count). The lowest BCUT2D eigenvalue weighted by atomic mass is 9.97. The van der Waals surface area contributed by atoms with E-state index >= 15 is 0 Å². The molecule has 132 valence electrons. The van der Waals surface area contributed by atoms with Crippen molar-refractivity contribution in [3.8, 4) is 11.3 Å². The number of para-hydroxylation sites is 2. The van der Waals surface area contributed by atoms with Crippen LogP contribution in [0, 0.1) is 5.41 Å². The number of aromatic amines is 1. The molecule has 0 saturated carbocycles. The standard InChI is InChI=1S/C20H19N3O2S/c1-20(2,3)11-23-19(25)13-8-6-7-12(17(13)26-23)16-18(24)22-15-10-5-4-9-14(15)21-16/h4-10H,11H2,1-3H3,(H,22,24). The van der Waals surface area contributed by atoms with Gasteiger partial charge < -0.3 is 4.98 Å². The summed E-state index contributed by atoms with van der Waals surface area (Å²) in [5, 5.41) is 0.631. The third-order valence-corrected chi connectivity index (χ3v) is 5.28. The Morgan fingerprint density at radius 1 is 1.08 bits per heavy atom. The van der Waals surface area contributed by atoms with E-state index in [4.69, 9.17) is 0 Å². The molecule has 0 aliphatic rings. The third-order valence-electron chi connectivity index (χ3n) is 4.15. The van der Waals surface area contributed by atoms with Crippen LogP contribution in [-0.4, -0.2) is 13.9 Å². The Balaban J connectivity index is 1.98. The first-order valence-electron chi connectivity index (χ1n) is 8.46. The van der Waals surface area contributed by atoms with Gasteiger partial charge in [0.05, 0.1) is 21.1 Å². The molecule has 4 aromatic rings. The fourth-order valence-corrected chi connectivity index (χ4v) is 4.39. The fourth-order valence-electron chi connectivity index (χ4n) is 3.02. The van der Waals surface area contributed by atoms with E-state index in [1.165, 1.54) is 11.5 Å². The largest absolute Gasteiger partial charge is 0.319 e. The second-order valence-corrected chi connectivity index (χ2v) is 8.64. The molecule has 2 aromatic heterocycles. The first-order valence-corrected chi connectivity index (χ1v) is 9.23. The van der Waals surface area contributed by atoms with Crippen LogP contribution in [0.15, 0.2) is 52.1 Å². The molecule has 26 heavy (non-hydrogen) atoms. The lowest BCUT2D eigenvalue weighted by molar-refractivity contribution is 0.353. The molecule has 1 N–H and O–H groups in total. The normalized spacial score (nSPS) is 12.1. The van der Waals surface area contributed by atoms with Crippen molar-refractivity contribution < 1.29 is 0 Å². The van der Waals surface area contributed by atoms with Crippen LogP contribution in [-0.2, 0) is 6.54 Å². The summed E-state index contributed by atoms with van der Waals surface area (Å²) in [4.78, 5) is 32.8.